The number of hydrogen-bond donors (Lipinski definition) is 2. The number of methoxy groups -OCH3 is 1. The first kappa shape index (κ1) is 15.6. The highest BCUT2D eigenvalue weighted by atomic mass is 16.5. The Bertz CT molecular complexity index is 571. The summed E-state index contributed by atoms with van der Waals surface area (Å²) in [5, 5.41) is 11.8. The highest BCUT2D eigenvalue weighted by Crippen LogP contribution is 2.22. The standard InChI is InChI=1S/C17H21NO3/c1-12-13(6-4-10-19)5-3-7-16(12)17(20)18-14-8-9-15(11-14)21-2/h3,5,7,14-15,19H,8-11H2,1-2H3,(H,18,20). The maximum absolute atomic E-state index is 12.4. The van der Waals surface area contributed by atoms with Crippen LogP contribution >= 0.6 is 0 Å². The molecule has 0 heterocycles. The summed E-state index contributed by atoms with van der Waals surface area (Å²) < 4.78 is 5.32. The molecule has 112 valence electrons. The van der Waals surface area contributed by atoms with Crippen LogP contribution < -0.4 is 5.32 Å². The molecule has 0 radical (unpaired) electrons. The molecule has 1 aliphatic rings. The fourth-order valence-electron chi connectivity index (χ4n) is 2.70. The maximum atomic E-state index is 12.4. The van der Waals surface area contributed by atoms with E-state index in [-0.39, 0.29) is 24.7 Å². The predicted molar refractivity (Wildman–Crippen MR) is 81.0 cm³/mol. The van der Waals surface area contributed by atoms with Gasteiger partial charge in [0.2, 0.25) is 0 Å². The van der Waals surface area contributed by atoms with Crippen LogP contribution in [0.5, 0.6) is 0 Å². The smallest absolute Gasteiger partial charge is 0.251 e. The van der Waals surface area contributed by atoms with Crippen molar-refractivity contribution in [1.29, 1.82) is 0 Å². The zero-order valence-corrected chi connectivity index (χ0v) is 12.5. The summed E-state index contributed by atoms with van der Waals surface area (Å²) in [5.74, 6) is 5.42. The molecular formula is C17H21NO3. The molecule has 0 aromatic heterocycles. The van der Waals surface area contributed by atoms with Gasteiger partial charge in [0, 0.05) is 24.3 Å². The number of benzene rings is 1. The minimum absolute atomic E-state index is 0.0677. The first-order valence-electron chi connectivity index (χ1n) is 7.18. The van der Waals surface area contributed by atoms with Crippen molar-refractivity contribution >= 4 is 5.91 Å². The van der Waals surface area contributed by atoms with Crippen LogP contribution in [0.4, 0.5) is 0 Å². The number of aliphatic hydroxyl groups excluding tert-OH is 1. The van der Waals surface area contributed by atoms with E-state index in [4.69, 9.17) is 9.84 Å². The number of carbonyl (C=O) groups is 1. The van der Waals surface area contributed by atoms with E-state index in [1.165, 1.54) is 0 Å². The zero-order valence-electron chi connectivity index (χ0n) is 12.5. The number of nitrogens with one attached hydrogen (secondary N) is 1. The highest BCUT2D eigenvalue weighted by Gasteiger charge is 2.26. The average molecular weight is 287 g/mol. The quantitative estimate of drug-likeness (QED) is 0.831. The van der Waals surface area contributed by atoms with Crippen LogP contribution in [0, 0.1) is 18.8 Å². The van der Waals surface area contributed by atoms with Gasteiger partial charge in [-0.1, -0.05) is 17.9 Å². The topological polar surface area (TPSA) is 58.6 Å². The van der Waals surface area contributed by atoms with E-state index in [1.807, 2.05) is 19.1 Å². The number of rotatable bonds is 3. The summed E-state index contributed by atoms with van der Waals surface area (Å²) >= 11 is 0. The Hall–Kier alpha value is -1.83. The van der Waals surface area contributed by atoms with E-state index < -0.39 is 0 Å². The molecule has 0 aliphatic heterocycles. The number of ether oxygens (including phenoxy) is 1. The van der Waals surface area contributed by atoms with Gasteiger partial charge in [0.25, 0.3) is 5.91 Å². The molecule has 4 heteroatoms. The van der Waals surface area contributed by atoms with Crippen LogP contribution in [0.2, 0.25) is 0 Å². The van der Waals surface area contributed by atoms with Gasteiger partial charge in [-0.15, -0.1) is 0 Å². The molecule has 2 atom stereocenters. The Morgan fingerprint density at radius 2 is 2.29 bits per heavy atom. The fraction of sp³-hybridized carbons (Fsp3) is 0.471. The van der Waals surface area contributed by atoms with Gasteiger partial charge in [-0.25, -0.2) is 0 Å². The molecule has 1 saturated carbocycles. The van der Waals surface area contributed by atoms with Gasteiger partial charge in [0.15, 0.2) is 0 Å². The fourth-order valence-corrected chi connectivity index (χ4v) is 2.70. The molecule has 4 nitrogen and oxygen atoms in total. The van der Waals surface area contributed by atoms with E-state index in [2.05, 4.69) is 17.2 Å². The lowest BCUT2D eigenvalue weighted by Gasteiger charge is -2.14. The minimum Gasteiger partial charge on any atom is -0.384 e. The zero-order chi connectivity index (χ0) is 15.2. The summed E-state index contributed by atoms with van der Waals surface area (Å²) in [6, 6.07) is 5.65. The minimum atomic E-state index is -0.184. The normalized spacial score (nSPS) is 20.7. The van der Waals surface area contributed by atoms with Crippen molar-refractivity contribution < 1.29 is 14.6 Å². The van der Waals surface area contributed by atoms with Gasteiger partial charge < -0.3 is 15.2 Å². The lowest BCUT2D eigenvalue weighted by atomic mass is 10.0. The lowest BCUT2D eigenvalue weighted by molar-refractivity contribution is 0.0914. The van der Waals surface area contributed by atoms with E-state index in [9.17, 15) is 4.79 Å². The van der Waals surface area contributed by atoms with Gasteiger partial charge >= 0.3 is 0 Å². The van der Waals surface area contributed by atoms with Gasteiger partial charge in [-0.05, 0) is 43.9 Å². The summed E-state index contributed by atoms with van der Waals surface area (Å²) in [6.45, 7) is 1.69. The van der Waals surface area contributed by atoms with E-state index in [0.717, 1.165) is 30.4 Å². The number of aliphatic hydroxyl groups is 1. The molecule has 2 unspecified atom stereocenters. The Morgan fingerprint density at radius 1 is 1.48 bits per heavy atom. The first-order chi connectivity index (χ1) is 10.2. The summed E-state index contributed by atoms with van der Waals surface area (Å²) in [6.07, 6.45) is 3.05. The molecule has 0 saturated heterocycles. The second-order valence-electron chi connectivity index (χ2n) is 5.28. The molecule has 1 aromatic carbocycles. The van der Waals surface area contributed by atoms with Crippen LogP contribution in [-0.4, -0.2) is 36.9 Å². The third-order valence-electron chi connectivity index (χ3n) is 3.93. The second-order valence-corrected chi connectivity index (χ2v) is 5.28. The Kier molecular flexibility index (Phi) is 5.38. The van der Waals surface area contributed by atoms with Crippen molar-refractivity contribution in [3.05, 3.63) is 34.9 Å². The van der Waals surface area contributed by atoms with Gasteiger partial charge in [0.1, 0.15) is 6.61 Å². The molecular weight excluding hydrogens is 266 g/mol. The Balaban J connectivity index is 2.09. The second kappa shape index (κ2) is 7.26. The van der Waals surface area contributed by atoms with Crippen molar-refractivity contribution in [2.45, 2.75) is 38.3 Å². The SMILES string of the molecule is COC1CCC(NC(=O)c2cccc(C#CCO)c2C)C1. The maximum Gasteiger partial charge on any atom is 0.251 e. The molecule has 0 bridgehead atoms. The summed E-state index contributed by atoms with van der Waals surface area (Å²) in [7, 11) is 1.71. The molecule has 1 fully saturated rings. The van der Waals surface area contributed by atoms with Crippen LogP contribution in [0.25, 0.3) is 0 Å². The molecule has 1 aliphatic carbocycles. The average Bonchev–Trinajstić information content (AvgIpc) is 2.93. The van der Waals surface area contributed by atoms with Gasteiger partial charge in [-0.3, -0.25) is 4.79 Å². The van der Waals surface area contributed by atoms with Gasteiger partial charge in [0.05, 0.1) is 6.10 Å². The Morgan fingerprint density at radius 3 is 2.95 bits per heavy atom. The number of hydrogen-bond acceptors (Lipinski definition) is 3. The van der Waals surface area contributed by atoms with E-state index >= 15 is 0 Å². The highest BCUT2D eigenvalue weighted by molar-refractivity contribution is 5.96. The van der Waals surface area contributed by atoms with Crippen molar-refractivity contribution in [1.82, 2.24) is 5.32 Å². The van der Waals surface area contributed by atoms with Gasteiger partial charge in [-0.2, -0.15) is 0 Å². The van der Waals surface area contributed by atoms with Crippen LogP contribution in [0.15, 0.2) is 18.2 Å². The van der Waals surface area contributed by atoms with Crippen molar-refractivity contribution in [2.24, 2.45) is 0 Å². The molecule has 1 amide bonds. The third kappa shape index (κ3) is 3.84. The molecule has 1 aromatic rings. The van der Waals surface area contributed by atoms with Crippen LogP contribution in [0.1, 0.15) is 40.7 Å². The van der Waals surface area contributed by atoms with Crippen molar-refractivity contribution in [3.63, 3.8) is 0 Å². The van der Waals surface area contributed by atoms with Crippen LogP contribution in [-0.2, 0) is 4.74 Å². The van der Waals surface area contributed by atoms with Crippen LogP contribution in [0.3, 0.4) is 0 Å². The number of carbonyl (C=O) groups excluding carboxylic acids is 1. The first-order valence-corrected chi connectivity index (χ1v) is 7.18. The summed E-state index contributed by atoms with van der Waals surface area (Å²) in [5.41, 5.74) is 2.26. The molecule has 0 spiro atoms. The monoisotopic (exact) mass is 287 g/mol. The predicted octanol–water partition coefficient (Wildman–Crippen LogP) is 1.64. The largest absolute Gasteiger partial charge is 0.384 e. The molecule has 21 heavy (non-hydrogen) atoms. The molecule has 2 rings (SSSR count). The third-order valence-corrected chi connectivity index (χ3v) is 3.93. The van der Waals surface area contributed by atoms with E-state index in [1.54, 1.807) is 13.2 Å². The van der Waals surface area contributed by atoms with Crippen molar-refractivity contribution in [3.8, 4) is 11.8 Å². The molecule has 2 N–H and O–H groups in total. The summed E-state index contributed by atoms with van der Waals surface area (Å²) in [4.78, 5) is 12.4. The van der Waals surface area contributed by atoms with Crippen molar-refractivity contribution in [2.75, 3.05) is 13.7 Å². The van der Waals surface area contributed by atoms with E-state index in [0.29, 0.717) is 5.56 Å². The lowest BCUT2D eigenvalue weighted by Crippen LogP contribution is -2.33. The Labute approximate surface area is 125 Å². The number of amides is 1.